The van der Waals surface area contributed by atoms with Gasteiger partial charge in [0.2, 0.25) is 5.91 Å². The Bertz CT molecular complexity index is 189. The lowest BCUT2D eigenvalue weighted by Gasteiger charge is -2.14. The molecule has 3 N–H and O–H groups in total. The zero-order valence-corrected chi connectivity index (χ0v) is 10.3. The van der Waals surface area contributed by atoms with Gasteiger partial charge in [-0.3, -0.25) is 4.79 Å². The molecule has 1 fully saturated rings. The molecular weight excluding hydrogens is 208 g/mol. The number of hydrogen-bond donors (Lipinski definition) is 2. The maximum Gasteiger partial charge on any atom is 0.220 e. The van der Waals surface area contributed by atoms with Crippen LogP contribution in [-0.4, -0.2) is 30.0 Å². The molecule has 88 valence electrons. The SMILES string of the molecule is CCC(CN)CC(=O)NCC1CCCS1. The summed E-state index contributed by atoms with van der Waals surface area (Å²) in [5.41, 5.74) is 5.57. The number of amides is 1. The number of carbonyl (C=O) groups excluding carboxylic acids is 1. The zero-order chi connectivity index (χ0) is 11.1. The van der Waals surface area contributed by atoms with Gasteiger partial charge in [-0.2, -0.15) is 11.8 Å². The van der Waals surface area contributed by atoms with Crippen molar-refractivity contribution in [3.8, 4) is 0 Å². The summed E-state index contributed by atoms with van der Waals surface area (Å²) >= 11 is 1.98. The van der Waals surface area contributed by atoms with E-state index >= 15 is 0 Å². The van der Waals surface area contributed by atoms with Crippen molar-refractivity contribution in [1.29, 1.82) is 0 Å². The molecule has 0 saturated carbocycles. The molecule has 15 heavy (non-hydrogen) atoms. The molecular formula is C11H22N2OS. The van der Waals surface area contributed by atoms with Crippen LogP contribution in [0.2, 0.25) is 0 Å². The molecule has 1 saturated heterocycles. The first kappa shape index (κ1) is 12.8. The Labute approximate surface area is 96.6 Å². The molecule has 0 aromatic heterocycles. The van der Waals surface area contributed by atoms with Gasteiger partial charge in [-0.15, -0.1) is 0 Å². The fourth-order valence-electron chi connectivity index (χ4n) is 1.76. The molecule has 1 heterocycles. The minimum absolute atomic E-state index is 0.166. The molecule has 3 nitrogen and oxygen atoms in total. The summed E-state index contributed by atoms with van der Waals surface area (Å²) in [6.45, 7) is 3.53. The van der Waals surface area contributed by atoms with Crippen LogP contribution >= 0.6 is 11.8 Å². The van der Waals surface area contributed by atoms with E-state index in [2.05, 4.69) is 12.2 Å². The molecule has 2 unspecified atom stereocenters. The van der Waals surface area contributed by atoms with Gasteiger partial charge in [-0.05, 0) is 31.1 Å². The van der Waals surface area contributed by atoms with Gasteiger partial charge >= 0.3 is 0 Å². The Morgan fingerprint density at radius 3 is 3.00 bits per heavy atom. The van der Waals surface area contributed by atoms with Gasteiger partial charge in [0.1, 0.15) is 0 Å². The molecule has 1 rings (SSSR count). The smallest absolute Gasteiger partial charge is 0.220 e. The number of rotatable bonds is 6. The van der Waals surface area contributed by atoms with E-state index in [4.69, 9.17) is 5.73 Å². The predicted molar refractivity (Wildman–Crippen MR) is 65.9 cm³/mol. The van der Waals surface area contributed by atoms with Crippen LogP contribution in [0.1, 0.15) is 32.6 Å². The van der Waals surface area contributed by atoms with E-state index < -0.39 is 0 Å². The zero-order valence-electron chi connectivity index (χ0n) is 9.50. The van der Waals surface area contributed by atoms with Crippen molar-refractivity contribution in [3.63, 3.8) is 0 Å². The molecule has 2 atom stereocenters. The van der Waals surface area contributed by atoms with Crippen molar-refractivity contribution >= 4 is 17.7 Å². The average molecular weight is 230 g/mol. The van der Waals surface area contributed by atoms with Gasteiger partial charge in [0.15, 0.2) is 0 Å². The van der Waals surface area contributed by atoms with Crippen LogP contribution < -0.4 is 11.1 Å². The Kier molecular flexibility index (Phi) is 6.10. The summed E-state index contributed by atoms with van der Waals surface area (Å²) in [4.78, 5) is 11.6. The minimum atomic E-state index is 0.166. The third-order valence-corrected chi connectivity index (χ3v) is 4.33. The second kappa shape index (κ2) is 7.12. The quantitative estimate of drug-likeness (QED) is 0.724. The lowest BCUT2D eigenvalue weighted by Crippen LogP contribution is -2.32. The minimum Gasteiger partial charge on any atom is -0.355 e. The van der Waals surface area contributed by atoms with Crippen molar-refractivity contribution in [2.45, 2.75) is 37.9 Å². The maximum atomic E-state index is 11.6. The Morgan fingerprint density at radius 2 is 2.47 bits per heavy atom. The van der Waals surface area contributed by atoms with Crippen molar-refractivity contribution < 1.29 is 4.79 Å². The molecule has 1 amide bonds. The second-order valence-corrected chi connectivity index (χ2v) is 5.56. The molecule has 1 aliphatic rings. The van der Waals surface area contributed by atoms with E-state index in [1.165, 1.54) is 18.6 Å². The number of thioether (sulfide) groups is 1. The first-order chi connectivity index (χ1) is 7.26. The molecule has 4 heteroatoms. The Hall–Kier alpha value is -0.220. The monoisotopic (exact) mass is 230 g/mol. The van der Waals surface area contributed by atoms with Crippen LogP contribution in [0, 0.1) is 5.92 Å². The maximum absolute atomic E-state index is 11.6. The highest BCUT2D eigenvalue weighted by Gasteiger charge is 2.17. The van der Waals surface area contributed by atoms with Crippen molar-refractivity contribution in [3.05, 3.63) is 0 Å². The summed E-state index contributed by atoms with van der Waals surface area (Å²) in [5.74, 6) is 1.77. The van der Waals surface area contributed by atoms with Gasteiger partial charge in [0.05, 0.1) is 0 Å². The molecule has 0 bridgehead atoms. The number of hydrogen-bond acceptors (Lipinski definition) is 3. The van der Waals surface area contributed by atoms with Crippen LogP contribution in [0.15, 0.2) is 0 Å². The van der Waals surface area contributed by atoms with E-state index in [0.29, 0.717) is 24.1 Å². The fourth-order valence-corrected chi connectivity index (χ4v) is 2.96. The summed E-state index contributed by atoms with van der Waals surface area (Å²) in [6, 6.07) is 0. The van der Waals surface area contributed by atoms with E-state index in [-0.39, 0.29) is 5.91 Å². The van der Waals surface area contributed by atoms with Crippen LogP contribution in [-0.2, 0) is 4.79 Å². The lowest BCUT2D eigenvalue weighted by atomic mass is 10.0. The molecule has 1 aliphatic heterocycles. The number of carbonyl (C=O) groups is 1. The van der Waals surface area contributed by atoms with Crippen LogP contribution in [0.25, 0.3) is 0 Å². The molecule has 0 aliphatic carbocycles. The standard InChI is InChI=1S/C11H22N2OS/c1-2-9(7-12)6-11(14)13-8-10-4-3-5-15-10/h9-10H,2-8,12H2,1H3,(H,13,14). The van der Waals surface area contributed by atoms with Crippen LogP contribution in [0.4, 0.5) is 0 Å². The predicted octanol–water partition coefficient (Wildman–Crippen LogP) is 1.37. The highest BCUT2D eigenvalue weighted by Crippen LogP contribution is 2.25. The largest absolute Gasteiger partial charge is 0.355 e. The van der Waals surface area contributed by atoms with Gasteiger partial charge < -0.3 is 11.1 Å². The van der Waals surface area contributed by atoms with E-state index in [1.54, 1.807) is 0 Å². The third-order valence-electron chi connectivity index (χ3n) is 2.94. The average Bonchev–Trinajstić information content (AvgIpc) is 2.75. The van der Waals surface area contributed by atoms with Gasteiger partial charge in [-0.25, -0.2) is 0 Å². The van der Waals surface area contributed by atoms with E-state index in [9.17, 15) is 4.79 Å². The van der Waals surface area contributed by atoms with Gasteiger partial charge in [0, 0.05) is 18.2 Å². The Balaban J connectivity index is 2.11. The van der Waals surface area contributed by atoms with Crippen LogP contribution in [0.3, 0.4) is 0 Å². The van der Waals surface area contributed by atoms with E-state index in [1.807, 2.05) is 11.8 Å². The highest BCUT2D eigenvalue weighted by molar-refractivity contribution is 8.00. The van der Waals surface area contributed by atoms with Gasteiger partial charge in [-0.1, -0.05) is 13.3 Å². The summed E-state index contributed by atoms with van der Waals surface area (Å²) < 4.78 is 0. The first-order valence-corrected chi connectivity index (χ1v) is 6.89. The lowest BCUT2D eigenvalue weighted by molar-refractivity contribution is -0.121. The topological polar surface area (TPSA) is 55.1 Å². The summed E-state index contributed by atoms with van der Waals surface area (Å²) in [5, 5.41) is 3.65. The second-order valence-electron chi connectivity index (χ2n) is 4.15. The van der Waals surface area contributed by atoms with Crippen molar-refractivity contribution in [2.24, 2.45) is 11.7 Å². The summed E-state index contributed by atoms with van der Waals surface area (Å²) in [7, 11) is 0. The molecule has 0 radical (unpaired) electrons. The van der Waals surface area contributed by atoms with Gasteiger partial charge in [0.25, 0.3) is 0 Å². The molecule has 0 spiro atoms. The highest BCUT2D eigenvalue weighted by atomic mass is 32.2. The number of nitrogens with two attached hydrogens (primary N) is 1. The molecule has 0 aromatic rings. The van der Waals surface area contributed by atoms with Crippen LogP contribution in [0.5, 0.6) is 0 Å². The third kappa shape index (κ3) is 4.89. The fraction of sp³-hybridized carbons (Fsp3) is 0.909. The van der Waals surface area contributed by atoms with Crippen molar-refractivity contribution in [1.82, 2.24) is 5.32 Å². The van der Waals surface area contributed by atoms with Crippen molar-refractivity contribution in [2.75, 3.05) is 18.8 Å². The molecule has 0 aromatic carbocycles. The Morgan fingerprint density at radius 1 is 1.67 bits per heavy atom. The number of nitrogens with one attached hydrogen (secondary N) is 1. The summed E-state index contributed by atoms with van der Waals surface area (Å²) in [6.07, 6.45) is 4.12. The first-order valence-electron chi connectivity index (χ1n) is 5.84. The van der Waals surface area contributed by atoms with E-state index in [0.717, 1.165) is 13.0 Å². The normalized spacial score (nSPS) is 22.7.